The van der Waals surface area contributed by atoms with Crippen molar-refractivity contribution in [3.8, 4) is 0 Å². The topological polar surface area (TPSA) is 60.2 Å². The SMILES string of the molecule is CC(=O)C(C)c1c(C)cccc1[N+](=O)[O-]. The van der Waals surface area contributed by atoms with Crippen LogP contribution in [0.25, 0.3) is 0 Å². The van der Waals surface area contributed by atoms with Gasteiger partial charge in [0.1, 0.15) is 5.78 Å². The molecule has 0 aliphatic heterocycles. The molecule has 1 aromatic carbocycles. The van der Waals surface area contributed by atoms with E-state index in [9.17, 15) is 14.9 Å². The number of carbonyl (C=O) groups is 1. The average molecular weight is 207 g/mol. The summed E-state index contributed by atoms with van der Waals surface area (Å²) in [5.74, 6) is -0.487. The Kier molecular flexibility index (Phi) is 3.19. The van der Waals surface area contributed by atoms with Crippen LogP contribution in [-0.4, -0.2) is 10.7 Å². The van der Waals surface area contributed by atoms with Gasteiger partial charge in [0, 0.05) is 17.5 Å². The number of ketones is 1. The predicted molar refractivity (Wildman–Crippen MR) is 56.9 cm³/mol. The molecule has 1 atom stereocenters. The fourth-order valence-electron chi connectivity index (χ4n) is 1.59. The minimum absolute atomic E-state index is 0.0256. The zero-order valence-electron chi connectivity index (χ0n) is 8.98. The quantitative estimate of drug-likeness (QED) is 0.565. The lowest BCUT2D eigenvalue weighted by atomic mass is 9.92. The Bertz CT molecular complexity index is 412. The summed E-state index contributed by atoms with van der Waals surface area (Å²) in [7, 11) is 0. The lowest BCUT2D eigenvalue weighted by Crippen LogP contribution is -2.09. The van der Waals surface area contributed by atoms with Gasteiger partial charge in [-0.2, -0.15) is 0 Å². The highest BCUT2D eigenvalue weighted by Gasteiger charge is 2.23. The van der Waals surface area contributed by atoms with E-state index in [0.717, 1.165) is 5.56 Å². The molecule has 4 heteroatoms. The van der Waals surface area contributed by atoms with Crippen molar-refractivity contribution >= 4 is 11.5 Å². The number of hydrogen-bond donors (Lipinski definition) is 0. The summed E-state index contributed by atoms with van der Waals surface area (Å²) >= 11 is 0. The monoisotopic (exact) mass is 207 g/mol. The Morgan fingerprint density at radius 1 is 1.47 bits per heavy atom. The minimum atomic E-state index is -0.443. The number of aryl methyl sites for hydroxylation is 1. The number of nitro groups is 1. The number of hydrogen-bond acceptors (Lipinski definition) is 3. The lowest BCUT2D eigenvalue weighted by Gasteiger charge is -2.11. The van der Waals surface area contributed by atoms with Crippen molar-refractivity contribution < 1.29 is 9.72 Å². The lowest BCUT2D eigenvalue weighted by molar-refractivity contribution is -0.385. The molecule has 15 heavy (non-hydrogen) atoms. The normalized spacial score (nSPS) is 12.2. The predicted octanol–water partition coefficient (Wildman–Crippen LogP) is 2.60. The van der Waals surface area contributed by atoms with Crippen molar-refractivity contribution in [2.75, 3.05) is 0 Å². The van der Waals surface area contributed by atoms with Crippen LogP contribution in [0, 0.1) is 17.0 Å². The first-order valence-electron chi connectivity index (χ1n) is 4.69. The molecule has 0 aliphatic carbocycles. The number of Topliss-reactive ketones (excluding diaryl/α,β-unsaturated/α-hetero) is 1. The van der Waals surface area contributed by atoms with Gasteiger partial charge in [-0.3, -0.25) is 14.9 Å². The molecule has 4 nitrogen and oxygen atoms in total. The molecule has 0 bridgehead atoms. The number of carbonyl (C=O) groups excluding carboxylic acids is 1. The molecule has 1 aromatic rings. The van der Waals surface area contributed by atoms with Gasteiger partial charge in [-0.25, -0.2) is 0 Å². The summed E-state index contributed by atoms with van der Waals surface area (Å²) in [6.45, 7) is 4.92. The smallest absolute Gasteiger partial charge is 0.273 e. The van der Waals surface area contributed by atoms with Crippen molar-refractivity contribution in [1.82, 2.24) is 0 Å². The summed E-state index contributed by atoms with van der Waals surface area (Å²) in [4.78, 5) is 21.6. The zero-order chi connectivity index (χ0) is 11.6. The number of benzene rings is 1. The van der Waals surface area contributed by atoms with Gasteiger partial charge in [-0.15, -0.1) is 0 Å². The Morgan fingerprint density at radius 3 is 2.53 bits per heavy atom. The molecule has 1 rings (SSSR count). The largest absolute Gasteiger partial charge is 0.299 e. The van der Waals surface area contributed by atoms with Crippen LogP contribution in [-0.2, 0) is 4.79 Å². The van der Waals surface area contributed by atoms with E-state index >= 15 is 0 Å². The molecular weight excluding hydrogens is 194 g/mol. The molecule has 0 aliphatic rings. The summed E-state index contributed by atoms with van der Waals surface area (Å²) in [5, 5.41) is 10.8. The molecule has 0 N–H and O–H groups in total. The maximum atomic E-state index is 11.2. The molecular formula is C11H13NO3. The van der Waals surface area contributed by atoms with Gasteiger partial charge in [-0.1, -0.05) is 19.1 Å². The van der Waals surface area contributed by atoms with Crippen molar-refractivity contribution in [2.45, 2.75) is 26.7 Å². The summed E-state index contributed by atoms with van der Waals surface area (Å²) < 4.78 is 0. The third-order valence-electron chi connectivity index (χ3n) is 2.54. The number of nitrogens with zero attached hydrogens (tertiary/aromatic N) is 1. The molecule has 0 fully saturated rings. The van der Waals surface area contributed by atoms with Gasteiger partial charge in [0.15, 0.2) is 0 Å². The molecule has 0 spiro atoms. The second kappa shape index (κ2) is 4.21. The highest BCUT2D eigenvalue weighted by molar-refractivity contribution is 5.84. The van der Waals surface area contributed by atoms with E-state index in [1.165, 1.54) is 13.0 Å². The molecule has 0 saturated carbocycles. The van der Waals surface area contributed by atoms with E-state index in [1.54, 1.807) is 26.0 Å². The Morgan fingerprint density at radius 2 is 2.07 bits per heavy atom. The first kappa shape index (κ1) is 11.4. The number of rotatable bonds is 3. The van der Waals surface area contributed by atoms with Crippen LogP contribution in [0.3, 0.4) is 0 Å². The van der Waals surface area contributed by atoms with Crippen LogP contribution >= 0.6 is 0 Å². The zero-order valence-corrected chi connectivity index (χ0v) is 8.98. The van der Waals surface area contributed by atoms with Crippen LogP contribution in [0.1, 0.15) is 30.9 Å². The first-order chi connectivity index (χ1) is 6.95. The van der Waals surface area contributed by atoms with Crippen LogP contribution in [0.2, 0.25) is 0 Å². The van der Waals surface area contributed by atoms with Gasteiger partial charge >= 0.3 is 0 Å². The van der Waals surface area contributed by atoms with Gasteiger partial charge in [-0.05, 0) is 19.4 Å². The highest BCUT2D eigenvalue weighted by atomic mass is 16.6. The Hall–Kier alpha value is -1.71. The maximum absolute atomic E-state index is 11.2. The highest BCUT2D eigenvalue weighted by Crippen LogP contribution is 2.29. The summed E-state index contributed by atoms with van der Waals surface area (Å²) in [6.07, 6.45) is 0. The minimum Gasteiger partial charge on any atom is -0.299 e. The van der Waals surface area contributed by atoms with Gasteiger partial charge in [0.25, 0.3) is 5.69 Å². The van der Waals surface area contributed by atoms with Crippen molar-refractivity contribution in [1.29, 1.82) is 0 Å². The molecule has 0 aromatic heterocycles. The van der Waals surface area contributed by atoms with E-state index in [2.05, 4.69) is 0 Å². The fourth-order valence-corrected chi connectivity index (χ4v) is 1.59. The molecule has 1 unspecified atom stereocenters. The maximum Gasteiger partial charge on any atom is 0.273 e. The molecule has 0 radical (unpaired) electrons. The third-order valence-corrected chi connectivity index (χ3v) is 2.54. The Balaban J connectivity index is 3.37. The molecule has 80 valence electrons. The fraction of sp³-hybridized carbons (Fsp3) is 0.364. The first-order valence-corrected chi connectivity index (χ1v) is 4.69. The summed E-state index contributed by atoms with van der Waals surface area (Å²) in [6, 6.07) is 4.84. The van der Waals surface area contributed by atoms with Crippen LogP contribution in [0.4, 0.5) is 5.69 Å². The Labute approximate surface area is 88.1 Å². The van der Waals surface area contributed by atoms with Crippen molar-refractivity contribution in [2.24, 2.45) is 0 Å². The van der Waals surface area contributed by atoms with E-state index < -0.39 is 10.8 Å². The van der Waals surface area contributed by atoms with E-state index in [0.29, 0.717) is 5.56 Å². The van der Waals surface area contributed by atoms with Crippen molar-refractivity contribution in [3.05, 3.63) is 39.4 Å². The molecule has 0 heterocycles. The summed E-state index contributed by atoms with van der Waals surface area (Å²) in [5.41, 5.74) is 1.33. The second-order valence-electron chi connectivity index (χ2n) is 3.60. The molecule has 0 amide bonds. The molecule has 0 saturated heterocycles. The standard InChI is InChI=1S/C11H13NO3/c1-7-5-4-6-10(12(14)15)11(7)8(2)9(3)13/h4-6,8H,1-3H3. The second-order valence-corrected chi connectivity index (χ2v) is 3.60. The average Bonchev–Trinajstić information content (AvgIpc) is 2.16. The van der Waals surface area contributed by atoms with E-state index in [-0.39, 0.29) is 11.5 Å². The van der Waals surface area contributed by atoms with Crippen LogP contribution < -0.4 is 0 Å². The van der Waals surface area contributed by atoms with Crippen LogP contribution in [0.5, 0.6) is 0 Å². The van der Waals surface area contributed by atoms with Gasteiger partial charge in [0.05, 0.1) is 4.92 Å². The van der Waals surface area contributed by atoms with Crippen molar-refractivity contribution in [3.63, 3.8) is 0 Å². The third kappa shape index (κ3) is 2.21. The van der Waals surface area contributed by atoms with Crippen LogP contribution in [0.15, 0.2) is 18.2 Å². The number of nitro benzene ring substituents is 1. The van der Waals surface area contributed by atoms with Gasteiger partial charge < -0.3 is 0 Å². The van der Waals surface area contributed by atoms with Gasteiger partial charge in [0.2, 0.25) is 0 Å². The van der Waals surface area contributed by atoms with E-state index in [4.69, 9.17) is 0 Å². The van der Waals surface area contributed by atoms with E-state index in [1.807, 2.05) is 0 Å².